The largest absolute Gasteiger partial charge is 0.390 e. The fraction of sp³-hybridized carbons (Fsp3) is 0.579. The molecule has 1 aromatic heterocycles. The van der Waals surface area contributed by atoms with Gasteiger partial charge in [0.05, 0.1) is 16.1 Å². The van der Waals surface area contributed by atoms with Gasteiger partial charge in [-0.1, -0.05) is 31.5 Å². The highest BCUT2D eigenvalue weighted by atomic mass is 35.5. The third-order valence-electron chi connectivity index (χ3n) is 5.92. The summed E-state index contributed by atoms with van der Waals surface area (Å²) in [5, 5.41) is 19.3. The highest BCUT2D eigenvalue weighted by molar-refractivity contribution is 6.35. The molecule has 1 saturated carbocycles. The van der Waals surface area contributed by atoms with E-state index in [9.17, 15) is 9.90 Å². The lowest BCUT2D eigenvalue weighted by Gasteiger charge is -2.58. The van der Waals surface area contributed by atoms with E-state index >= 15 is 0 Å². The third kappa shape index (κ3) is 2.74. The van der Waals surface area contributed by atoms with Gasteiger partial charge < -0.3 is 10.0 Å². The third-order valence-corrected chi connectivity index (χ3v) is 6.24. The number of nitrogens with one attached hydrogen (secondary N) is 1. The van der Waals surface area contributed by atoms with Gasteiger partial charge in [0, 0.05) is 35.5 Å². The van der Waals surface area contributed by atoms with Gasteiger partial charge in [-0.15, -0.1) is 0 Å². The number of piperidine rings is 2. The number of H-pyrrole nitrogens is 1. The first-order valence-corrected chi connectivity index (χ1v) is 9.45. The Morgan fingerprint density at radius 1 is 1.48 bits per heavy atom. The van der Waals surface area contributed by atoms with Crippen molar-refractivity contribution in [2.75, 3.05) is 0 Å². The molecule has 2 unspecified atom stereocenters. The quantitative estimate of drug-likeness (QED) is 0.873. The van der Waals surface area contributed by atoms with Crippen LogP contribution in [0.2, 0.25) is 5.02 Å². The van der Waals surface area contributed by atoms with Crippen molar-refractivity contribution in [2.45, 2.75) is 69.6 Å². The molecular weight excluding hydrogens is 338 g/mol. The molecule has 25 heavy (non-hydrogen) atoms. The topological polar surface area (TPSA) is 69.2 Å². The summed E-state index contributed by atoms with van der Waals surface area (Å²) in [5.41, 5.74) is 1.22. The molecule has 134 valence electrons. The predicted molar refractivity (Wildman–Crippen MR) is 97.6 cm³/mol. The van der Waals surface area contributed by atoms with Crippen LogP contribution in [0.1, 0.15) is 57.6 Å². The molecule has 0 spiro atoms. The number of benzene rings is 1. The molecule has 0 radical (unpaired) electrons. The molecule has 5 nitrogen and oxygen atoms in total. The summed E-state index contributed by atoms with van der Waals surface area (Å²) in [4.78, 5) is 15.0. The lowest BCUT2D eigenvalue weighted by Crippen LogP contribution is -2.67. The zero-order valence-corrected chi connectivity index (χ0v) is 15.4. The SMILES string of the molecule is CCC1CC2(O)CC(C2)N1C(=O)CC(C)c1[nH]nc2cccc(Cl)c12. The van der Waals surface area contributed by atoms with E-state index in [-0.39, 0.29) is 23.9 Å². The molecule has 1 amide bonds. The van der Waals surface area contributed by atoms with Crippen molar-refractivity contribution >= 4 is 28.4 Å². The van der Waals surface area contributed by atoms with Crippen molar-refractivity contribution < 1.29 is 9.90 Å². The van der Waals surface area contributed by atoms with E-state index in [1.54, 1.807) is 0 Å². The number of carbonyl (C=O) groups is 1. The molecule has 2 N–H and O–H groups in total. The fourth-order valence-corrected chi connectivity index (χ4v) is 4.91. The van der Waals surface area contributed by atoms with Crippen molar-refractivity contribution in [1.29, 1.82) is 0 Å². The molecule has 2 aliphatic heterocycles. The summed E-state index contributed by atoms with van der Waals surface area (Å²) >= 11 is 6.34. The summed E-state index contributed by atoms with van der Waals surface area (Å²) in [5.74, 6) is 0.177. The second kappa shape index (κ2) is 5.99. The van der Waals surface area contributed by atoms with E-state index in [1.807, 2.05) is 30.0 Å². The number of aromatic amines is 1. The number of hydrogen-bond acceptors (Lipinski definition) is 3. The van der Waals surface area contributed by atoms with Gasteiger partial charge in [-0.3, -0.25) is 9.89 Å². The highest BCUT2D eigenvalue weighted by Gasteiger charge is 2.54. The molecular formula is C19H24ClN3O2. The van der Waals surface area contributed by atoms with Gasteiger partial charge in [0.15, 0.2) is 0 Å². The molecule has 2 saturated heterocycles. The number of hydrogen-bond donors (Lipinski definition) is 2. The van der Waals surface area contributed by atoms with Gasteiger partial charge >= 0.3 is 0 Å². The van der Waals surface area contributed by atoms with Crippen LogP contribution in [-0.2, 0) is 4.79 Å². The molecule has 3 aliphatic rings. The smallest absolute Gasteiger partial charge is 0.223 e. The second-order valence-electron chi connectivity index (χ2n) is 7.73. The summed E-state index contributed by atoms with van der Waals surface area (Å²) in [6.07, 6.45) is 3.47. The Labute approximate surface area is 152 Å². The number of aliphatic hydroxyl groups is 1. The molecule has 3 fully saturated rings. The number of carbonyl (C=O) groups excluding carboxylic acids is 1. The Balaban J connectivity index is 1.54. The van der Waals surface area contributed by atoms with Crippen LogP contribution >= 0.6 is 11.6 Å². The first-order chi connectivity index (χ1) is 11.9. The minimum absolute atomic E-state index is 0.00999. The number of fused-ring (bicyclic) bond motifs is 3. The Hall–Kier alpha value is -1.59. The number of rotatable bonds is 4. The van der Waals surface area contributed by atoms with Crippen LogP contribution in [0.15, 0.2) is 18.2 Å². The predicted octanol–water partition coefficient (Wildman–Crippen LogP) is 3.61. The van der Waals surface area contributed by atoms with Crippen molar-refractivity contribution in [1.82, 2.24) is 15.1 Å². The first kappa shape index (κ1) is 16.9. The average molecular weight is 362 g/mol. The van der Waals surface area contributed by atoms with Gasteiger partial charge in [-0.2, -0.15) is 5.10 Å². The van der Waals surface area contributed by atoms with E-state index in [0.29, 0.717) is 17.9 Å². The van der Waals surface area contributed by atoms with Crippen molar-refractivity contribution in [3.05, 3.63) is 28.9 Å². The molecule has 2 aromatic rings. The summed E-state index contributed by atoms with van der Waals surface area (Å²) in [6.45, 7) is 4.13. The van der Waals surface area contributed by atoms with E-state index in [0.717, 1.165) is 35.9 Å². The maximum absolute atomic E-state index is 13.0. The van der Waals surface area contributed by atoms with Gasteiger partial charge in [0.2, 0.25) is 5.91 Å². The van der Waals surface area contributed by atoms with Gasteiger partial charge in [-0.05, 0) is 37.8 Å². The van der Waals surface area contributed by atoms with Crippen molar-refractivity contribution in [3.63, 3.8) is 0 Å². The second-order valence-corrected chi connectivity index (χ2v) is 8.14. The van der Waals surface area contributed by atoms with Crippen LogP contribution in [-0.4, -0.2) is 43.8 Å². The monoisotopic (exact) mass is 361 g/mol. The van der Waals surface area contributed by atoms with Crippen LogP contribution in [0, 0.1) is 0 Å². The van der Waals surface area contributed by atoms with Gasteiger partial charge in [0.25, 0.3) is 0 Å². The van der Waals surface area contributed by atoms with Gasteiger partial charge in [0.1, 0.15) is 0 Å². The van der Waals surface area contributed by atoms with Gasteiger partial charge in [-0.25, -0.2) is 0 Å². The number of halogens is 1. The Morgan fingerprint density at radius 2 is 2.24 bits per heavy atom. The maximum Gasteiger partial charge on any atom is 0.223 e. The van der Waals surface area contributed by atoms with Crippen LogP contribution in [0.3, 0.4) is 0 Å². The minimum atomic E-state index is -0.527. The molecule has 2 bridgehead atoms. The number of amides is 1. The average Bonchev–Trinajstić information content (AvgIpc) is 2.98. The molecule has 6 heteroatoms. The van der Waals surface area contributed by atoms with Crippen molar-refractivity contribution in [2.24, 2.45) is 0 Å². The summed E-state index contributed by atoms with van der Waals surface area (Å²) in [6, 6.07) is 6.00. The van der Waals surface area contributed by atoms with Crippen LogP contribution in [0.5, 0.6) is 0 Å². The van der Waals surface area contributed by atoms with E-state index in [4.69, 9.17) is 11.6 Å². The fourth-order valence-electron chi connectivity index (χ4n) is 4.64. The minimum Gasteiger partial charge on any atom is -0.390 e. The lowest BCUT2D eigenvalue weighted by atomic mass is 9.66. The normalized spacial score (nSPS) is 29.5. The molecule has 3 heterocycles. The molecule has 1 aromatic carbocycles. The lowest BCUT2D eigenvalue weighted by molar-refractivity contribution is -0.178. The highest BCUT2D eigenvalue weighted by Crippen LogP contribution is 2.47. The first-order valence-electron chi connectivity index (χ1n) is 9.08. The van der Waals surface area contributed by atoms with E-state index < -0.39 is 5.60 Å². The number of nitrogens with zero attached hydrogens (tertiary/aromatic N) is 2. The van der Waals surface area contributed by atoms with Crippen molar-refractivity contribution in [3.8, 4) is 0 Å². The van der Waals surface area contributed by atoms with E-state index in [1.165, 1.54) is 0 Å². The zero-order chi connectivity index (χ0) is 17.8. The Kier molecular flexibility index (Phi) is 4.04. The molecule has 2 atom stereocenters. The maximum atomic E-state index is 13.0. The Bertz CT molecular complexity index is 812. The molecule has 1 aliphatic carbocycles. The van der Waals surface area contributed by atoms with Crippen LogP contribution < -0.4 is 0 Å². The summed E-state index contributed by atoms with van der Waals surface area (Å²) in [7, 11) is 0. The zero-order valence-electron chi connectivity index (χ0n) is 14.6. The number of aromatic nitrogens is 2. The van der Waals surface area contributed by atoms with Crippen LogP contribution in [0.25, 0.3) is 10.9 Å². The van der Waals surface area contributed by atoms with E-state index in [2.05, 4.69) is 17.1 Å². The molecule has 5 rings (SSSR count). The standard InChI is InChI=1S/C19H24ClN3O2/c1-3-12-8-19(25)9-13(10-19)23(12)16(24)7-11(2)18-17-14(20)5-4-6-15(17)21-22-18/h4-6,11-13,25H,3,7-10H2,1-2H3,(H,21,22). The summed E-state index contributed by atoms with van der Waals surface area (Å²) < 4.78 is 0. The van der Waals surface area contributed by atoms with Crippen LogP contribution in [0.4, 0.5) is 0 Å². The Morgan fingerprint density at radius 3 is 2.96 bits per heavy atom.